The molecule has 0 saturated heterocycles. The van der Waals surface area contributed by atoms with Crippen LogP contribution in [0.3, 0.4) is 0 Å². The summed E-state index contributed by atoms with van der Waals surface area (Å²) in [7, 11) is 1.73. The van der Waals surface area contributed by atoms with Gasteiger partial charge in [0.2, 0.25) is 11.8 Å². The molecule has 0 saturated carbocycles. The van der Waals surface area contributed by atoms with Crippen molar-refractivity contribution in [2.45, 2.75) is 13.8 Å². The van der Waals surface area contributed by atoms with Gasteiger partial charge in [0, 0.05) is 17.4 Å². The molecule has 7 nitrogen and oxygen atoms in total. The van der Waals surface area contributed by atoms with Crippen molar-refractivity contribution in [1.29, 1.82) is 0 Å². The van der Waals surface area contributed by atoms with E-state index in [1.165, 1.54) is 0 Å². The van der Waals surface area contributed by atoms with E-state index in [4.69, 9.17) is 9.47 Å². The SMILES string of the molecule is Cc1cccc(NC(=O)CN(C)CC(=O)Nc2ccc3c(c2)OCCO3)c1C. The minimum atomic E-state index is -0.210. The largest absolute Gasteiger partial charge is 0.486 e. The molecule has 0 radical (unpaired) electrons. The predicted octanol–water partition coefficient (Wildman–Crippen LogP) is 2.58. The quantitative estimate of drug-likeness (QED) is 0.802. The molecule has 3 rings (SSSR count). The summed E-state index contributed by atoms with van der Waals surface area (Å²) in [5, 5.41) is 5.71. The van der Waals surface area contributed by atoms with Gasteiger partial charge in [0.25, 0.3) is 0 Å². The number of likely N-dealkylation sites (N-methyl/N-ethyl adjacent to an activating group) is 1. The molecule has 148 valence electrons. The Hall–Kier alpha value is -3.06. The first kappa shape index (κ1) is 19.7. The summed E-state index contributed by atoms with van der Waals surface area (Å²) >= 11 is 0. The molecule has 0 aromatic heterocycles. The number of nitrogens with zero attached hydrogens (tertiary/aromatic N) is 1. The van der Waals surface area contributed by atoms with Gasteiger partial charge in [0.1, 0.15) is 13.2 Å². The Morgan fingerprint density at radius 2 is 1.64 bits per heavy atom. The lowest BCUT2D eigenvalue weighted by Crippen LogP contribution is -2.36. The van der Waals surface area contributed by atoms with E-state index in [-0.39, 0.29) is 24.9 Å². The van der Waals surface area contributed by atoms with Crippen LogP contribution in [0.2, 0.25) is 0 Å². The molecule has 0 aliphatic carbocycles. The predicted molar refractivity (Wildman–Crippen MR) is 108 cm³/mol. The molecule has 0 unspecified atom stereocenters. The molecule has 0 bridgehead atoms. The highest BCUT2D eigenvalue weighted by Gasteiger charge is 2.15. The Kier molecular flexibility index (Phi) is 6.16. The lowest BCUT2D eigenvalue weighted by Gasteiger charge is -2.20. The molecule has 1 aliphatic heterocycles. The number of anilines is 2. The molecule has 2 amide bonds. The zero-order valence-corrected chi connectivity index (χ0v) is 16.4. The Morgan fingerprint density at radius 1 is 0.964 bits per heavy atom. The second-order valence-electron chi connectivity index (χ2n) is 6.87. The van der Waals surface area contributed by atoms with Crippen LogP contribution in [0.15, 0.2) is 36.4 Å². The highest BCUT2D eigenvalue weighted by molar-refractivity contribution is 5.95. The number of carbonyl (C=O) groups excluding carboxylic acids is 2. The van der Waals surface area contributed by atoms with Crippen LogP contribution in [0.4, 0.5) is 11.4 Å². The monoisotopic (exact) mass is 383 g/mol. The topological polar surface area (TPSA) is 79.9 Å². The first-order valence-corrected chi connectivity index (χ1v) is 9.16. The van der Waals surface area contributed by atoms with E-state index >= 15 is 0 Å². The van der Waals surface area contributed by atoms with Gasteiger partial charge in [-0.15, -0.1) is 0 Å². The molecule has 7 heteroatoms. The van der Waals surface area contributed by atoms with Crippen LogP contribution in [0.5, 0.6) is 11.5 Å². The van der Waals surface area contributed by atoms with E-state index in [2.05, 4.69) is 10.6 Å². The van der Waals surface area contributed by atoms with Crippen molar-refractivity contribution in [3.63, 3.8) is 0 Å². The summed E-state index contributed by atoms with van der Waals surface area (Å²) in [5.41, 5.74) is 3.57. The number of hydrogen-bond acceptors (Lipinski definition) is 5. The van der Waals surface area contributed by atoms with Gasteiger partial charge < -0.3 is 20.1 Å². The lowest BCUT2D eigenvalue weighted by atomic mass is 10.1. The fraction of sp³-hybridized carbons (Fsp3) is 0.333. The van der Waals surface area contributed by atoms with Crippen molar-refractivity contribution in [2.75, 3.05) is 44.0 Å². The number of rotatable bonds is 6. The number of fused-ring (bicyclic) bond motifs is 1. The maximum absolute atomic E-state index is 12.3. The maximum Gasteiger partial charge on any atom is 0.238 e. The minimum absolute atomic E-state index is 0.0919. The second kappa shape index (κ2) is 8.75. The van der Waals surface area contributed by atoms with Crippen LogP contribution in [0, 0.1) is 13.8 Å². The molecule has 28 heavy (non-hydrogen) atoms. The lowest BCUT2D eigenvalue weighted by molar-refractivity contribution is -0.119. The van der Waals surface area contributed by atoms with Crippen LogP contribution in [0.25, 0.3) is 0 Å². The molecule has 1 heterocycles. The number of ether oxygens (including phenoxy) is 2. The van der Waals surface area contributed by atoms with Gasteiger partial charge in [0.15, 0.2) is 11.5 Å². The zero-order chi connectivity index (χ0) is 20.1. The van der Waals surface area contributed by atoms with Gasteiger partial charge in [-0.05, 0) is 50.2 Å². The number of nitrogens with one attached hydrogen (secondary N) is 2. The third-order valence-corrected chi connectivity index (χ3v) is 4.53. The molecule has 2 aromatic carbocycles. The first-order valence-electron chi connectivity index (χ1n) is 9.16. The maximum atomic E-state index is 12.3. The van der Waals surface area contributed by atoms with Crippen LogP contribution in [-0.4, -0.2) is 50.1 Å². The highest BCUT2D eigenvalue weighted by atomic mass is 16.6. The molecule has 0 spiro atoms. The summed E-state index contributed by atoms with van der Waals surface area (Å²) < 4.78 is 11.0. The third-order valence-electron chi connectivity index (χ3n) is 4.53. The average molecular weight is 383 g/mol. The molecular formula is C21H25N3O4. The van der Waals surface area contributed by atoms with Crippen molar-refractivity contribution in [2.24, 2.45) is 0 Å². The summed E-state index contributed by atoms with van der Waals surface area (Å²) in [6.45, 7) is 5.18. The van der Waals surface area contributed by atoms with Crippen molar-refractivity contribution in [3.05, 3.63) is 47.5 Å². The minimum Gasteiger partial charge on any atom is -0.486 e. The fourth-order valence-electron chi connectivity index (χ4n) is 2.94. The summed E-state index contributed by atoms with van der Waals surface area (Å²) in [5.74, 6) is 0.914. The van der Waals surface area contributed by atoms with Gasteiger partial charge in [0.05, 0.1) is 13.1 Å². The Bertz CT molecular complexity index is 882. The Balaban J connectivity index is 1.50. The van der Waals surface area contributed by atoms with E-state index < -0.39 is 0 Å². The van der Waals surface area contributed by atoms with E-state index in [1.807, 2.05) is 32.0 Å². The van der Waals surface area contributed by atoms with Crippen molar-refractivity contribution in [1.82, 2.24) is 4.90 Å². The van der Waals surface area contributed by atoms with Gasteiger partial charge in [-0.2, -0.15) is 0 Å². The highest BCUT2D eigenvalue weighted by Crippen LogP contribution is 2.32. The second-order valence-corrected chi connectivity index (χ2v) is 6.87. The standard InChI is InChI=1S/C21H25N3O4/c1-14-5-4-6-17(15(14)2)23-21(26)13-24(3)12-20(25)22-16-7-8-18-19(11-16)28-10-9-27-18/h4-8,11H,9-10,12-13H2,1-3H3,(H,22,25)(H,23,26). The molecule has 0 atom stereocenters. The van der Waals surface area contributed by atoms with Gasteiger partial charge in [-0.25, -0.2) is 0 Å². The van der Waals surface area contributed by atoms with E-state index in [1.54, 1.807) is 30.1 Å². The molecule has 2 N–H and O–H groups in total. The Labute approximate surface area is 164 Å². The van der Waals surface area contributed by atoms with Crippen molar-refractivity contribution >= 4 is 23.2 Å². The fourth-order valence-corrected chi connectivity index (χ4v) is 2.94. The number of benzene rings is 2. The summed E-state index contributed by atoms with van der Waals surface area (Å²) in [6, 6.07) is 11.0. The van der Waals surface area contributed by atoms with Crippen LogP contribution in [-0.2, 0) is 9.59 Å². The average Bonchev–Trinajstić information content (AvgIpc) is 2.65. The smallest absolute Gasteiger partial charge is 0.238 e. The normalized spacial score (nSPS) is 12.6. The number of hydrogen-bond donors (Lipinski definition) is 2. The van der Waals surface area contributed by atoms with E-state index in [0.717, 1.165) is 16.8 Å². The van der Waals surface area contributed by atoms with Gasteiger partial charge in [-0.3, -0.25) is 14.5 Å². The third kappa shape index (κ3) is 5.01. The van der Waals surface area contributed by atoms with E-state index in [0.29, 0.717) is 30.4 Å². The summed E-state index contributed by atoms with van der Waals surface area (Å²) in [4.78, 5) is 26.2. The number of amides is 2. The van der Waals surface area contributed by atoms with Gasteiger partial charge in [-0.1, -0.05) is 12.1 Å². The van der Waals surface area contributed by atoms with E-state index in [9.17, 15) is 9.59 Å². The van der Waals surface area contributed by atoms with Crippen molar-refractivity contribution < 1.29 is 19.1 Å². The molecule has 0 fully saturated rings. The van der Waals surface area contributed by atoms with Gasteiger partial charge >= 0.3 is 0 Å². The number of carbonyl (C=O) groups is 2. The Morgan fingerprint density at radius 3 is 2.39 bits per heavy atom. The first-order chi connectivity index (χ1) is 13.4. The van der Waals surface area contributed by atoms with Crippen LogP contribution in [0.1, 0.15) is 11.1 Å². The van der Waals surface area contributed by atoms with Crippen LogP contribution >= 0.6 is 0 Å². The zero-order valence-electron chi connectivity index (χ0n) is 16.4. The van der Waals surface area contributed by atoms with Crippen molar-refractivity contribution in [3.8, 4) is 11.5 Å². The molecule has 1 aliphatic rings. The number of aryl methyl sites for hydroxylation is 1. The molecular weight excluding hydrogens is 358 g/mol. The summed E-state index contributed by atoms with van der Waals surface area (Å²) in [6.07, 6.45) is 0. The molecule has 2 aromatic rings. The van der Waals surface area contributed by atoms with Crippen LogP contribution < -0.4 is 20.1 Å².